The summed E-state index contributed by atoms with van der Waals surface area (Å²) in [5.41, 5.74) is 2.49. The second kappa shape index (κ2) is 5.35. The van der Waals surface area contributed by atoms with Gasteiger partial charge in [-0.15, -0.1) is 0 Å². The molecule has 23 heavy (non-hydrogen) atoms. The van der Waals surface area contributed by atoms with E-state index in [4.69, 9.17) is 0 Å². The summed E-state index contributed by atoms with van der Waals surface area (Å²) in [4.78, 5) is 25.8. The molecule has 0 atom stereocenters. The number of carbonyl (C=O) groups is 2. The lowest BCUT2D eigenvalue weighted by Gasteiger charge is -2.14. The summed E-state index contributed by atoms with van der Waals surface area (Å²) in [6.07, 6.45) is 0. The largest absolute Gasteiger partial charge is 0.502 e. The number of benzene rings is 2. The van der Waals surface area contributed by atoms with Crippen molar-refractivity contribution in [2.75, 3.05) is 4.90 Å². The molecule has 1 aliphatic heterocycles. The van der Waals surface area contributed by atoms with Crippen molar-refractivity contribution < 1.29 is 19.1 Å². The smallest absolute Gasteiger partial charge is 0.301 e. The van der Waals surface area contributed by atoms with Crippen LogP contribution in [0.15, 0.2) is 48.2 Å². The quantitative estimate of drug-likeness (QED) is 0.866. The number of hydrogen-bond donors (Lipinski definition) is 1. The van der Waals surface area contributed by atoms with Crippen LogP contribution in [0.3, 0.4) is 0 Å². The van der Waals surface area contributed by atoms with Gasteiger partial charge in [0.05, 0.1) is 11.3 Å². The highest BCUT2D eigenvalue weighted by atomic mass is 19.1. The minimum absolute atomic E-state index is 0.0307. The lowest BCUT2D eigenvalue weighted by Crippen LogP contribution is -2.31. The third kappa shape index (κ3) is 2.40. The highest BCUT2D eigenvalue weighted by Gasteiger charge is 2.40. The Bertz CT molecular complexity index is 853. The Hall–Kier alpha value is -2.95. The Morgan fingerprint density at radius 2 is 1.61 bits per heavy atom. The molecule has 0 saturated heterocycles. The number of anilines is 1. The van der Waals surface area contributed by atoms with Crippen LogP contribution in [0, 0.1) is 19.7 Å². The van der Waals surface area contributed by atoms with Gasteiger partial charge in [0.2, 0.25) is 0 Å². The van der Waals surface area contributed by atoms with Crippen molar-refractivity contribution >= 4 is 23.1 Å². The molecule has 116 valence electrons. The summed E-state index contributed by atoms with van der Waals surface area (Å²) in [5, 5.41) is 10.2. The van der Waals surface area contributed by atoms with Crippen LogP contribution in [0.5, 0.6) is 0 Å². The fourth-order valence-electron chi connectivity index (χ4n) is 2.68. The molecule has 0 unspecified atom stereocenters. The monoisotopic (exact) mass is 311 g/mol. The Morgan fingerprint density at radius 3 is 2.22 bits per heavy atom. The molecule has 5 heteroatoms. The van der Waals surface area contributed by atoms with Crippen LogP contribution in [-0.4, -0.2) is 16.9 Å². The molecule has 4 nitrogen and oxygen atoms in total. The molecule has 1 heterocycles. The number of rotatable bonds is 2. The first-order valence-electron chi connectivity index (χ1n) is 7.05. The molecule has 2 aromatic carbocycles. The maximum atomic E-state index is 13.0. The highest BCUT2D eigenvalue weighted by molar-refractivity contribution is 6.45. The van der Waals surface area contributed by atoms with Gasteiger partial charge < -0.3 is 5.11 Å². The van der Waals surface area contributed by atoms with Crippen molar-refractivity contribution in [3.63, 3.8) is 0 Å². The molecular weight excluding hydrogens is 297 g/mol. The van der Waals surface area contributed by atoms with Crippen LogP contribution in [0.1, 0.15) is 16.7 Å². The molecule has 0 aromatic heterocycles. The van der Waals surface area contributed by atoms with Gasteiger partial charge in [0.15, 0.2) is 5.76 Å². The van der Waals surface area contributed by atoms with E-state index in [1.54, 1.807) is 19.1 Å². The fourth-order valence-corrected chi connectivity index (χ4v) is 2.68. The maximum Gasteiger partial charge on any atom is 0.301 e. The van der Waals surface area contributed by atoms with Gasteiger partial charge in [-0.1, -0.05) is 23.8 Å². The molecule has 1 aliphatic rings. The first-order chi connectivity index (χ1) is 10.9. The first-order valence-corrected chi connectivity index (χ1v) is 7.05. The predicted molar refractivity (Wildman–Crippen MR) is 84.4 cm³/mol. The number of aliphatic hydroxyl groups is 1. The minimum atomic E-state index is -0.809. The molecule has 3 rings (SSSR count). The summed E-state index contributed by atoms with van der Waals surface area (Å²) in [6, 6.07) is 10.3. The van der Waals surface area contributed by atoms with Crippen molar-refractivity contribution in [1.29, 1.82) is 0 Å². The number of nitrogens with zero attached hydrogens (tertiary/aromatic N) is 1. The topological polar surface area (TPSA) is 57.6 Å². The van der Waals surface area contributed by atoms with Crippen molar-refractivity contribution in [3.05, 3.63) is 70.7 Å². The number of aliphatic hydroxyl groups excluding tert-OH is 1. The average molecular weight is 311 g/mol. The van der Waals surface area contributed by atoms with Crippen molar-refractivity contribution in [3.8, 4) is 0 Å². The average Bonchev–Trinajstić information content (AvgIpc) is 2.72. The molecule has 0 spiro atoms. The first kappa shape index (κ1) is 15.0. The lowest BCUT2D eigenvalue weighted by atomic mass is 9.98. The Kier molecular flexibility index (Phi) is 3.48. The number of hydrogen-bond acceptors (Lipinski definition) is 3. The highest BCUT2D eigenvalue weighted by Crippen LogP contribution is 2.33. The molecule has 1 N–H and O–H groups in total. The van der Waals surface area contributed by atoms with Gasteiger partial charge in [-0.05, 0) is 49.2 Å². The van der Waals surface area contributed by atoms with Crippen molar-refractivity contribution in [2.45, 2.75) is 13.8 Å². The SMILES string of the molecule is Cc1ccc(C2=C(O)C(=O)N(c3ccc(F)cc3)C2=O)c(C)c1. The van der Waals surface area contributed by atoms with Gasteiger partial charge in [-0.3, -0.25) is 9.59 Å². The van der Waals surface area contributed by atoms with E-state index in [0.717, 1.165) is 28.2 Å². The van der Waals surface area contributed by atoms with Crippen LogP contribution < -0.4 is 4.90 Å². The Balaban J connectivity index is 2.08. The maximum absolute atomic E-state index is 13.0. The van der Waals surface area contributed by atoms with Crippen molar-refractivity contribution in [2.24, 2.45) is 0 Å². The number of aryl methyl sites for hydroxylation is 2. The molecule has 0 bridgehead atoms. The molecule has 0 fully saturated rings. The molecule has 0 aliphatic carbocycles. The van der Waals surface area contributed by atoms with Gasteiger partial charge in [0.25, 0.3) is 5.91 Å². The number of imide groups is 1. The van der Waals surface area contributed by atoms with Gasteiger partial charge in [0, 0.05) is 0 Å². The van der Waals surface area contributed by atoms with E-state index in [9.17, 15) is 19.1 Å². The van der Waals surface area contributed by atoms with Crippen LogP contribution >= 0.6 is 0 Å². The summed E-state index contributed by atoms with van der Waals surface area (Å²) >= 11 is 0. The zero-order chi connectivity index (χ0) is 16.7. The lowest BCUT2D eigenvalue weighted by molar-refractivity contribution is -0.121. The van der Waals surface area contributed by atoms with E-state index in [0.29, 0.717) is 5.56 Å². The van der Waals surface area contributed by atoms with E-state index >= 15 is 0 Å². The van der Waals surface area contributed by atoms with E-state index in [2.05, 4.69) is 0 Å². The third-order valence-electron chi connectivity index (χ3n) is 3.80. The molecule has 2 amide bonds. The molecule has 2 aromatic rings. The molecular formula is C18H14FNO3. The second-order valence-electron chi connectivity index (χ2n) is 5.46. The summed E-state index contributed by atoms with van der Waals surface area (Å²) < 4.78 is 13.0. The molecule has 0 radical (unpaired) electrons. The number of carbonyl (C=O) groups excluding carboxylic acids is 2. The predicted octanol–water partition coefficient (Wildman–Crippen LogP) is 3.29. The zero-order valence-electron chi connectivity index (χ0n) is 12.6. The van der Waals surface area contributed by atoms with Gasteiger partial charge in [-0.25, -0.2) is 9.29 Å². The van der Waals surface area contributed by atoms with Crippen LogP contribution in [0.25, 0.3) is 5.57 Å². The number of halogens is 1. The van der Waals surface area contributed by atoms with Crippen LogP contribution in [0.2, 0.25) is 0 Å². The Morgan fingerprint density at radius 1 is 0.957 bits per heavy atom. The minimum Gasteiger partial charge on any atom is -0.502 e. The van der Waals surface area contributed by atoms with Gasteiger partial charge in [-0.2, -0.15) is 0 Å². The summed E-state index contributed by atoms with van der Waals surface area (Å²) in [5.74, 6) is -2.49. The summed E-state index contributed by atoms with van der Waals surface area (Å²) in [7, 11) is 0. The summed E-state index contributed by atoms with van der Waals surface area (Å²) in [6.45, 7) is 3.72. The standard InChI is InChI=1S/C18H14FNO3/c1-10-3-8-14(11(2)9-10)15-16(21)18(23)20(17(15)22)13-6-4-12(19)5-7-13/h3-9,21H,1-2H3. The van der Waals surface area contributed by atoms with E-state index in [1.807, 2.05) is 13.0 Å². The van der Waals surface area contributed by atoms with Gasteiger partial charge >= 0.3 is 5.91 Å². The third-order valence-corrected chi connectivity index (χ3v) is 3.80. The van der Waals surface area contributed by atoms with Crippen LogP contribution in [0.4, 0.5) is 10.1 Å². The van der Waals surface area contributed by atoms with E-state index < -0.39 is 23.4 Å². The fraction of sp³-hybridized carbons (Fsp3) is 0.111. The number of amides is 2. The van der Waals surface area contributed by atoms with E-state index in [-0.39, 0.29) is 11.3 Å². The van der Waals surface area contributed by atoms with Crippen molar-refractivity contribution in [1.82, 2.24) is 0 Å². The normalized spacial score (nSPS) is 14.8. The molecule has 0 saturated carbocycles. The van der Waals surface area contributed by atoms with E-state index in [1.165, 1.54) is 12.1 Å². The zero-order valence-corrected chi connectivity index (χ0v) is 12.6. The van der Waals surface area contributed by atoms with Gasteiger partial charge in [0.1, 0.15) is 5.82 Å². The van der Waals surface area contributed by atoms with Crippen LogP contribution in [-0.2, 0) is 9.59 Å². The second-order valence-corrected chi connectivity index (χ2v) is 5.46. The Labute approximate surface area is 132 Å².